The maximum absolute atomic E-state index is 12.9. The summed E-state index contributed by atoms with van der Waals surface area (Å²) in [5.74, 6) is 0. The average molecular weight is 336 g/mol. The van der Waals surface area contributed by atoms with Crippen molar-refractivity contribution in [1.29, 1.82) is 0 Å². The second kappa shape index (κ2) is 6.10. The van der Waals surface area contributed by atoms with Crippen molar-refractivity contribution in [2.24, 2.45) is 5.10 Å². The Bertz CT molecular complexity index is 748. The molecule has 1 aromatic heterocycles. The molecule has 8 heteroatoms. The van der Waals surface area contributed by atoms with E-state index in [4.69, 9.17) is 0 Å². The predicted octanol–water partition coefficient (Wildman–Crippen LogP) is 2.93. The van der Waals surface area contributed by atoms with Gasteiger partial charge in [-0.2, -0.15) is 23.4 Å². The van der Waals surface area contributed by atoms with Crippen molar-refractivity contribution in [3.8, 4) is 0 Å². The first-order valence-corrected chi connectivity index (χ1v) is 7.43. The number of halogens is 3. The summed E-state index contributed by atoms with van der Waals surface area (Å²) in [7, 11) is 0. The standard InChI is InChI=1S/C16H15F3N4O/c17-16(18,19)13-7-10-23(22-13)15(8-4-9-15)14(21-20-11-24)12-5-2-1-3-6-12/h1-3,5-7,10-11H,4,8-9H2,(H,20,24)/b21-14+. The van der Waals surface area contributed by atoms with Crippen molar-refractivity contribution in [1.82, 2.24) is 15.2 Å². The molecule has 24 heavy (non-hydrogen) atoms. The van der Waals surface area contributed by atoms with Gasteiger partial charge in [-0.05, 0) is 25.3 Å². The molecular weight excluding hydrogens is 321 g/mol. The fraction of sp³-hybridized carbons (Fsp3) is 0.312. The number of hydrazone groups is 1. The number of amides is 1. The van der Waals surface area contributed by atoms with Crippen LogP contribution in [0.3, 0.4) is 0 Å². The van der Waals surface area contributed by atoms with Crippen molar-refractivity contribution in [2.45, 2.75) is 31.0 Å². The molecule has 1 aromatic carbocycles. The fourth-order valence-electron chi connectivity index (χ4n) is 2.92. The van der Waals surface area contributed by atoms with E-state index >= 15 is 0 Å². The third kappa shape index (κ3) is 2.79. The van der Waals surface area contributed by atoms with Gasteiger partial charge in [-0.25, -0.2) is 5.43 Å². The van der Waals surface area contributed by atoms with E-state index in [0.29, 0.717) is 25.0 Å². The summed E-state index contributed by atoms with van der Waals surface area (Å²) in [5.41, 5.74) is 1.77. The lowest BCUT2D eigenvalue weighted by atomic mass is 9.71. The van der Waals surface area contributed by atoms with Crippen LogP contribution >= 0.6 is 0 Å². The number of benzene rings is 1. The Labute approximate surface area is 136 Å². The van der Waals surface area contributed by atoms with Crippen LogP contribution in [0, 0.1) is 0 Å². The predicted molar refractivity (Wildman–Crippen MR) is 81.2 cm³/mol. The monoisotopic (exact) mass is 336 g/mol. The van der Waals surface area contributed by atoms with E-state index in [-0.39, 0.29) is 0 Å². The summed E-state index contributed by atoms with van der Waals surface area (Å²) < 4.78 is 39.9. The number of hydrogen-bond acceptors (Lipinski definition) is 3. The van der Waals surface area contributed by atoms with Crippen molar-refractivity contribution >= 4 is 12.1 Å². The molecule has 0 aliphatic heterocycles. The van der Waals surface area contributed by atoms with Crippen LogP contribution < -0.4 is 5.43 Å². The van der Waals surface area contributed by atoms with Crippen LogP contribution in [0.2, 0.25) is 0 Å². The van der Waals surface area contributed by atoms with Crippen LogP contribution in [0.1, 0.15) is 30.5 Å². The molecule has 1 saturated carbocycles. The van der Waals surface area contributed by atoms with Gasteiger partial charge in [0.1, 0.15) is 5.54 Å². The van der Waals surface area contributed by atoms with Gasteiger partial charge in [-0.15, -0.1) is 0 Å². The minimum Gasteiger partial charge on any atom is -0.277 e. The highest BCUT2D eigenvalue weighted by molar-refractivity contribution is 6.06. The molecule has 5 nitrogen and oxygen atoms in total. The van der Waals surface area contributed by atoms with Crippen LogP contribution in [0.5, 0.6) is 0 Å². The van der Waals surface area contributed by atoms with Gasteiger partial charge in [0.25, 0.3) is 0 Å². The second-order valence-corrected chi connectivity index (χ2v) is 5.60. The van der Waals surface area contributed by atoms with Crippen molar-refractivity contribution in [3.63, 3.8) is 0 Å². The zero-order valence-corrected chi connectivity index (χ0v) is 12.6. The average Bonchev–Trinajstić information content (AvgIpc) is 3.00. The smallest absolute Gasteiger partial charge is 0.277 e. The molecule has 0 bridgehead atoms. The van der Waals surface area contributed by atoms with Gasteiger partial charge in [0, 0.05) is 11.8 Å². The minimum atomic E-state index is -4.50. The van der Waals surface area contributed by atoms with Crippen LogP contribution in [-0.2, 0) is 16.5 Å². The number of nitrogens with zero attached hydrogens (tertiary/aromatic N) is 3. The second-order valence-electron chi connectivity index (χ2n) is 5.60. The molecule has 1 aliphatic rings. The van der Waals surface area contributed by atoms with E-state index in [2.05, 4.69) is 15.6 Å². The number of carbonyl (C=O) groups excluding carboxylic acids is 1. The molecule has 2 aromatic rings. The Morgan fingerprint density at radius 2 is 1.96 bits per heavy atom. The van der Waals surface area contributed by atoms with Crippen LogP contribution in [0.4, 0.5) is 13.2 Å². The molecule has 126 valence electrons. The van der Waals surface area contributed by atoms with E-state index in [1.807, 2.05) is 18.2 Å². The molecule has 0 saturated heterocycles. The van der Waals surface area contributed by atoms with E-state index in [1.54, 1.807) is 12.1 Å². The molecule has 1 amide bonds. The Morgan fingerprint density at radius 1 is 1.25 bits per heavy atom. The fourth-order valence-corrected chi connectivity index (χ4v) is 2.92. The zero-order chi connectivity index (χ0) is 17.2. The number of aromatic nitrogens is 2. The first-order chi connectivity index (χ1) is 11.5. The summed E-state index contributed by atoms with van der Waals surface area (Å²) in [6, 6.07) is 10.0. The highest BCUT2D eigenvalue weighted by Gasteiger charge is 2.46. The number of alkyl halides is 3. The Kier molecular flexibility index (Phi) is 4.13. The molecule has 0 radical (unpaired) electrons. The Hall–Kier alpha value is -2.64. The quantitative estimate of drug-likeness (QED) is 0.518. The van der Waals surface area contributed by atoms with Crippen molar-refractivity contribution < 1.29 is 18.0 Å². The summed E-state index contributed by atoms with van der Waals surface area (Å²) in [6.07, 6.45) is -0.711. The topological polar surface area (TPSA) is 59.3 Å². The lowest BCUT2D eigenvalue weighted by Crippen LogP contribution is -2.49. The summed E-state index contributed by atoms with van der Waals surface area (Å²) in [6.45, 7) is 0. The van der Waals surface area contributed by atoms with Crippen LogP contribution in [-0.4, -0.2) is 21.9 Å². The summed E-state index contributed by atoms with van der Waals surface area (Å²) in [4.78, 5) is 10.7. The highest BCUT2D eigenvalue weighted by atomic mass is 19.4. The third-order valence-corrected chi connectivity index (χ3v) is 4.22. The number of hydrogen-bond donors (Lipinski definition) is 1. The van der Waals surface area contributed by atoms with E-state index in [9.17, 15) is 18.0 Å². The van der Waals surface area contributed by atoms with Gasteiger partial charge in [0.15, 0.2) is 5.69 Å². The van der Waals surface area contributed by atoms with Crippen molar-refractivity contribution in [3.05, 3.63) is 53.9 Å². The molecule has 0 unspecified atom stereocenters. The molecular formula is C16H15F3N4O. The highest BCUT2D eigenvalue weighted by Crippen LogP contribution is 2.42. The molecule has 0 atom stereocenters. The molecule has 0 spiro atoms. The number of carbonyl (C=O) groups is 1. The molecule has 1 N–H and O–H groups in total. The molecule has 1 aliphatic carbocycles. The first kappa shape index (κ1) is 16.2. The van der Waals surface area contributed by atoms with E-state index in [1.165, 1.54) is 10.9 Å². The zero-order valence-electron chi connectivity index (χ0n) is 12.6. The number of rotatable bonds is 5. The molecule has 3 rings (SSSR count). The Morgan fingerprint density at radius 3 is 2.46 bits per heavy atom. The van der Waals surface area contributed by atoms with Gasteiger partial charge in [0.2, 0.25) is 6.41 Å². The molecule has 1 heterocycles. The van der Waals surface area contributed by atoms with Gasteiger partial charge in [-0.3, -0.25) is 9.48 Å². The van der Waals surface area contributed by atoms with Gasteiger partial charge in [-0.1, -0.05) is 30.3 Å². The van der Waals surface area contributed by atoms with Crippen molar-refractivity contribution in [2.75, 3.05) is 0 Å². The summed E-state index contributed by atoms with van der Waals surface area (Å²) >= 11 is 0. The minimum absolute atomic E-state index is 0.430. The maximum Gasteiger partial charge on any atom is 0.435 e. The van der Waals surface area contributed by atoms with Crippen LogP contribution in [0.25, 0.3) is 0 Å². The number of nitrogens with one attached hydrogen (secondary N) is 1. The normalized spacial score (nSPS) is 17.2. The largest absolute Gasteiger partial charge is 0.435 e. The lowest BCUT2D eigenvalue weighted by molar-refractivity contribution is -0.141. The van der Waals surface area contributed by atoms with Gasteiger partial charge in [0.05, 0.1) is 5.71 Å². The Balaban J connectivity index is 2.06. The summed E-state index contributed by atoms with van der Waals surface area (Å²) in [5, 5.41) is 7.84. The first-order valence-electron chi connectivity index (χ1n) is 7.43. The third-order valence-electron chi connectivity index (χ3n) is 4.22. The van der Waals surface area contributed by atoms with Gasteiger partial charge >= 0.3 is 6.18 Å². The lowest BCUT2D eigenvalue weighted by Gasteiger charge is -2.42. The van der Waals surface area contributed by atoms with Gasteiger partial charge < -0.3 is 0 Å². The van der Waals surface area contributed by atoms with E-state index < -0.39 is 17.4 Å². The molecule has 1 fully saturated rings. The van der Waals surface area contributed by atoms with E-state index in [0.717, 1.165) is 18.1 Å². The SMILES string of the molecule is O=CN/N=C(\c1ccccc1)C1(n2ccc(C(F)(F)F)n2)CCC1. The van der Waals surface area contributed by atoms with Crippen LogP contribution in [0.15, 0.2) is 47.7 Å². The maximum atomic E-state index is 12.9.